The van der Waals surface area contributed by atoms with Crippen molar-refractivity contribution in [2.45, 2.75) is 19.0 Å². The first-order valence-electron chi connectivity index (χ1n) is 6.85. The molecule has 1 aromatic rings. The normalized spacial score (nSPS) is 16.1. The van der Waals surface area contributed by atoms with Crippen molar-refractivity contribution in [1.82, 2.24) is 4.90 Å². The van der Waals surface area contributed by atoms with Crippen LogP contribution >= 0.6 is 0 Å². The summed E-state index contributed by atoms with van der Waals surface area (Å²) in [7, 11) is 0. The van der Waals surface area contributed by atoms with E-state index in [0.29, 0.717) is 13.1 Å². The molecule has 1 saturated heterocycles. The Bertz CT molecular complexity index is 511. The van der Waals surface area contributed by atoms with Crippen LogP contribution in [0.3, 0.4) is 0 Å². The van der Waals surface area contributed by atoms with Crippen LogP contribution in [0.2, 0.25) is 0 Å². The Morgan fingerprint density at radius 1 is 1.29 bits per heavy atom. The molecule has 1 aromatic carbocycles. The van der Waals surface area contributed by atoms with Crippen LogP contribution in [-0.4, -0.2) is 37.0 Å². The minimum atomic E-state index is -4.53. The standard InChI is InChI=1S/C14H18F3N3O/c15-14(16,17)11-9-10(13(18)21)3-4-12(11)19-5-8-20-6-1-2-7-20/h3-4,9,19H,1-2,5-8H2,(H2,18,21). The third kappa shape index (κ3) is 4.10. The van der Waals surface area contributed by atoms with Crippen LogP contribution in [0.4, 0.5) is 18.9 Å². The number of benzene rings is 1. The largest absolute Gasteiger partial charge is 0.418 e. The number of carbonyl (C=O) groups is 1. The number of rotatable bonds is 5. The van der Waals surface area contributed by atoms with Gasteiger partial charge in [0.05, 0.1) is 5.56 Å². The van der Waals surface area contributed by atoms with E-state index in [4.69, 9.17) is 5.73 Å². The Kier molecular flexibility index (Phi) is 4.72. The van der Waals surface area contributed by atoms with Gasteiger partial charge in [-0.15, -0.1) is 0 Å². The minimum absolute atomic E-state index is 0.0216. The monoisotopic (exact) mass is 301 g/mol. The van der Waals surface area contributed by atoms with Crippen LogP contribution in [0, 0.1) is 0 Å². The van der Waals surface area contributed by atoms with Crippen molar-refractivity contribution in [2.24, 2.45) is 5.73 Å². The zero-order valence-electron chi connectivity index (χ0n) is 11.5. The van der Waals surface area contributed by atoms with Gasteiger partial charge < -0.3 is 16.0 Å². The van der Waals surface area contributed by atoms with Crippen molar-refractivity contribution < 1.29 is 18.0 Å². The third-order valence-electron chi connectivity index (χ3n) is 3.55. The maximum Gasteiger partial charge on any atom is 0.418 e. The van der Waals surface area contributed by atoms with Crippen LogP contribution in [-0.2, 0) is 6.18 Å². The molecular weight excluding hydrogens is 283 g/mol. The van der Waals surface area contributed by atoms with Gasteiger partial charge in [0.1, 0.15) is 0 Å². The number of nitrogens with one attached hydrogen (secondary N) is 1. The molecule has 4 nitrogen and oxygen atoms in total. The van der Waals surface area contributed by atoms with Gasteiger partial charge in [0.2, 0.25) is 5.91 Å². The smallest absolute Gasteiger partial charge is 0.383 e. The molecule has 1 aliphatic heterocycles. The molecule has 0 spiro atoms. The highest BCUT2D eigenvalue weighted by Gasteiger charge is 2.34. The van der Waals surface area contributed by atoms with E-state index in [1.165, 1.54) is 12.1 Å². The molecule has 2 rings (SSSR count). The lowest BCUT2D eigenvalue weighted by atomic mass is 10.1. The lowest BCUT2D eigenvalue weighted by molar-refractivity contribution is -0.137. The molecule has 7 heteroatoms. The Labute approximate surface area is 121 Å². The third-order valence-corrected chi connectivity index (χ3v) is 3.55. The molecule has 1 fully saturated rings. The lowest BCUT2D eigenvalue weighted by Gasteiger charge is -2.18. The van der Waals surface area contributed by atoms with Crippen LogP contribution in [0.5, 0.6) is 0 Å². The average Bonchev–Trinajstić information content (AvgIpc) is 2.90. The first-order valence-corrected chi connectivity index (χ1v) is 6.85. The van der Waals surface area contributed by atoms with Gasteiger partial charge in [0, 0.05) is 24.3 Å². The number of hydrogen-bond donors (Lipinski definition) is 2. The topological polar surface area (TPSA) is 58.4 Å². The molecule has 21 heavy (non-hydrogen) atoms. The zero-order chi connectivity index (χ0) is 15.5. The molecule has 0 unspecified atom stereocenters. The van der Waals surface area contributed by atoms with Crippen molar-refractivity contribution in [2.75, 3.05) is 31.5 Å². The average molecular weight is 301 g/mol. The second kappa shape index (κ2) is 6.34. The van der Waals surface area contributed by atoms with Gasteiger partial charge in [-0.2, -0.15) is 13.2 Å². The van der Waals surface area contributed by atoms with E-state index in [0.717, 1.165) is 32.0 Å². The number of alkyl halides is 3. The van der Waals surface area contributed by atoms with Crippen molar-refractivity contribution in [3.63, 3.8) is 0 Å². The Hall–Kier alpha value is -1.76. The zero-order valence-corrected chi connectivity index (χ0v) is 11.5. The van der Waals surface area contributed by atoms with E-state index in [-0.39, 0.29) is 11.3 Å². The maximum atomic E-state index is 13.0. The SMILES string of the molecule is NC(=O)c1ccc(NCCN2CCCC2)c(C(F)(F)F)c1. The van der Waals surface area contributed by atoms with E-state index in [9.17, 15) is 18.0 Å². The fourth-order valence-electron chi connectivity index (χ4n) is 2.44. The van der Waals surface area contributed by atoms with Gasteiger partial charge in [0.15, 0.2) is 0 Å². The maximum absolute atomic E-state index is 13.0. The van der Waals surface area contributed by atoms with Crippen LogP contribution < -0.4 is 11.1 Å². The Balaban J connectivity index is 2.08. The number of primary amides is 1. The van der Waals surface area contributed by atoms with Gasteiger partial charge in [-0.3, -0.25) is 4.79 Å². The number of amides is 1. The summed E-state index contributed by atoms with van der Waals surface area (Å²) in [4.78, 5) is 13.2. The number of halogens is 3. The molecule has 0 atom stereocenters. The second-order valence-electron chi connectivity index (χ2n) is 5.10. The molecule has 116 valence electrons. The van der Waals surface area contributed by atoms with Gasteiger partial charge >= 0.3 is 6.18 Å². The van der Waals surface area contributed by atoms with Crippen LogP contribution in [0.25, 0.3) is 0 Å². The van der Waals surface area contributed by atoms with Crippen molar-refractivity contribution in [1.29, 1.82) is 0 Å². The summed E-state index contributed by atoms with van der Waals surface area (Å²) >= 11 is 0. The van der Waals surface area contributed by atoms with Crippen molar-refractivity contribution in [3.05, 3.63) is 29.3 Å². The van der Waals surface area contributed by atoms with Crippen molar-refractivity contribution >= 4 is 11.6 Å². The van der Waals surface area contributed by atoms with Gasteiger partial charge in [0.25, 0.3) is 0 Å². The molecule has 1 amide bonds. The second-order valence-corrected chi connectivity index (χ2v) is 5.10. The first-order chi connectivity index (χ1) is 9.88. The summed E-state index contributed by atoms with van der Waals surface area (Å²) in [5.41, 5.74) is 4.00. The summed E-state index contributed by atoms with van der Waals surface area (Å²) in [5.74, 6) is -0.871. The minimum Gasteiger partial charge on any atom is -0.383 e. The quantitative estimate of drug-likeness (QED) is 0.877. The summed E-state index contributed by atoms with van der Waals surface area (Å²) < 4.78 is 39.1. The number of anilines is 1. The number of nitrogens with two attached hydrogens (primary N) is 1. The van der Waals surface area contributed by atoms with Gasteiger partial charge in [-0.05, 0) is 44.1 Å². The highest BCUT2D eigenvalue weighted by Crippen LogP contribution is 2.35. The number of nitrogens with zero attached hydrogens (tertiary/aromatic N) is 1. The number of hydrogen-bond acceptors (Lipinski definition) is 3. The number of carbonyl (C=O) groups excluding carboxylic acids is 1. The predicted octanol–water partition coefficient (Wildman–Crippen LogP) is 2.31. The molecule has 1 heterocycles. The summed E-state index contributed by atoms with van der Waals surface area (Å²) in [6.45, 7) is 3.12. The Morgan fingerprint density at radius 2 is 1.95 bits per heavy atom. The van der Waals surface area contributed by atoms with E-state index in [1.54, 1.807) is 0 Å². The summed E-state index contributed by atoms with van der Waals surface area (Å²) in [6, 6.07) is 3.35. The number of likely N-dealkylation sites (tertiary alicyclic amines) is 1. The van der Waals surface area contributed by atoms with E-state index < -0.39 is 17.6 Å². The highest BCUT2D eigenvalue weighted by molar-refractivity contribution is 5.93. The van der Waals surface area contributed by atoms with Crippen molar-refractivity contribution in [3.8, 4) is 0 Å². The molecule has 0 aliphatic carbocycles. The van der Waals surface area contributed by atoms with Crippen LogP contribution in [0.15, 0.2) is 18.2 Å². The molecule has 0 saturated carbocycles. The first kappa shape index (κ1) is 15.6. The van der Waals surface area contributed by atoms with E-state index in [2.05, 4.69) is 10.2 Å². The van der Waals surface area contributed by atoms with Gasteiger partial charge in [-0.25, -0.2) is 0 Å². The fraction of sp³-hybridized carbons (Fsp3) is 0.500. The van der Waals surface area contributed by atoms with Gasteiger partial charge in [-0.1, -0.05) is 0 Å². The molecule has 0 radical (unpaired) electrons. The lowest BCUT2D eigenvalue weighted by Crippen LogP contribution is -2.26. The highest BCUT2D eigenvalue weighted by atomic mass is 19.4. The molecule has 0 aromatic heterocycles. The molecule has 0 bridgehead atoms. The summed E-state index contributed by atoms with van der Waals surface area (Å²) in [6.07, 6.45) is -2.25. The predicted molar refractivity (Wildman–Crippen MR) is 74.1 cm³/mol. The van der Waals surface area contributed by atoms with E-state index >= 15 is 0 Å². The fourth-order valence-corrected chi connectivity index (χ4v) is 2.44. The van der Waals surface area contributed by atoms with E-state index in [1.807, 2.05) is 0 Å². The molecule has 3 N–H and O–H groups in total. The summed E-state index contributed by atoms with van der Waals surface area (Å²) in [5, 5.41) is 2.80. The molecular formula is C14H18F3N3O. The molecule has 1 aliphatic rings. The van der Waals surface area contributed by atoms with Crippen LogP contribution in [0.1, 0.15) is 28.8 Å². The Morgan fingerprint density at radius 3 is 2.52 bits per heavy atom.